The fraction of sp³-hybridized carbons (Fsp3) is 0.176. The van der Waals surface area contributed by atoms with E-state index in [1.807, 2.05) is 0 Å². The third kappa shape index (κ3) is 4.65. The second-order valence-corrected chi connectivity index (χ2v) is 5.20. The van der Waals surface area contributed by atoms with Crippen molar-refractivity contribution in [3.63, 3.8) is 0 Å². The van der Waals surface area contributed by atoms with Gasteiger partial charge < -0.3 is 4.74 Å². The molecule has 1 atom stereocenters. The van der Waals surface area contributed by atoms with Crippen LogP contribution < -0.4 is 0 Å². The molecule has 0 N–H and O–H groups in total. The Bertz CT molecular complexity index is 801. The number of halogens is 3. The molecule has 0 amide bonds. The van der Waals surface area contributed by atoms with E-state index in [-0.39, 0.29) is 17.9 Å². The van der Waals surface area contributed by atoms with Crippen molar-refractivity contribution in [3.8, 4) is 0 Å². The van der Waals surface area contributed by atoms with E-state index in [1.165, 1.54) is 30.6 Å². The molecule has 0 fully saturated rings. The summed E-state index contributed by atoms with van der Waals surface area (Å²) in [5.74, 6) is -2.48. The Morgan fingerprint density at radius 3 is 2.15 bits per heavy atom. The topological polar surface area (TPSA) is 86.5 Å². The van der Waals surface area contributed by atoms with Gasteiger partial charge in [0.25, 0.3) is 5.69 Å². The van der Waals surface area contributed by atoms with Gasteiger partial charge in [-0.2, -0.15) is 13.2 Å². The lowest BCUT2D eigenvalue weighted by Gasteiger charge is -2.12. The second kappa shape index (κ2) is 7.77. The van der Waals surface area contributed by atoms with Crippen molar-refractivity contribution in [1.82, 2.24) is 0 Å². The standard InChI is InChI=1S/C17H11F3NO5/c18-17(19,20)13-5-3-12(4-6-13)15(9-22)16(23)26-10-11-1-7-14(8-2-11)21(24)25/h1-8,15H,10H2. The molecule has 2 aromatic rings. The zero-order valence-electron chi connectivity index (χ0n) is 13.0. The Labute approximate surface area is 145 Å². The minimum absolute atomic E-state index is 0.0155. The van der Waals surface area contributed by atoms with Crippen molar-refractivity contribution < 1.29 is 32.4 Å². The van der Waals surface area contributed by atoms with Gasteiger partial charge in [-0.1, -0.05) is 12.1 Å². The number of esters is 1. The monoisotopic (exact) mass is 366 g/mol. The molecule has 0 bridgehead atoms. The van der Waals surface area contributed by atoms with E-state index in [2.05, 4.69) is 0 Å². The molecule has 0 aliphatic heterocycles. The predicted octanol–water partition coefficient (Wildman–Crippen LogP) is 3.55. The lowest BCUT2D eigenvalue weighted by molar-refractivity contribution is -0.384. The van der Waals surface area contributed by atoms with Crippen LogP contribution in [0.5, 0.6) is 0 Å². The van der Waals surface area contributed by atoms with Gasteiger partial charge in [0.05, 0.1) is 10.5 Å². The van der Waals surface area contributed by atoms with E-state index in [1.54, 1.807) is 0 Å². The zero-order valence-corrected chi connectivity index (χ0v) is 13.0. The van der Waals surface area contributed by atoms with Gasteiger partial charge in [-0.05, 0) is 35.4 Å². The maximum atomic E-state index is 12.5. The van der Waals surface area contributed by atoms with Gasteiger partial charge >= 0.3 is 12.1 Å². The van der Waals surface area contributed by atoms with Gasteiger partial charge in [-0.3, -0.25) is 19.7 Å². The smallest absolute Gasteiger partial charge is 0.416 e. The van der Waals surface area contributed by atoms with E-state index in [9.17, 15) is 32.9 Å². The van der Waals surface area contributed by atoms with E-state index in [4.69, 9.17) is 4.74 Å². The number of hydrogen-bond donors (Lipinski definition) is 0. The first-order valence-corrected chi connectivity index (χ1v) is 7.17. The summed E-state index contributed by atoms with van der Waals surface area (Å²) in [6.45, 7) is -0.254. The van der Waals surface area contributed by atoms with Crippen molar-refractivity contribution in [2.75, 3.05) is 0 Å². The molecule has 0 spiro atoms. The minimum atomic E-state index is -4.53. The van der Waals surface area contributed by atoms with E-state index in [0.29, 0.717) is 5.56 Å². The van der Waals surface area contributed by atoms with Gasteiger partial charge in [0.15, 0.2) is 0 Å². The maximum absolute atomic E-state index is 12.5. The molecule has 1 radical (unpaired) electrons. The van der Waals surface area contributed by atoms with E-state index < -0.39 is 28.6 Å². The summed E-state index contributed by atoms with van der Waals surface area (Å²) >= 11 is 0. The summed E-state index contributed by atoms with van der Waals surface area (Å²) in [5.41, 5.74) is -0.586. The zero-order chi connectivity index (χ0) is 19.3. The molecule has 0 saturated heterocycles. The fourth-order valence-electron chi connectivity index (χ4n) is 2.07. The molecular formula is C17H11F3NO5. The molecule has 1 unspecified atom stereocenters. The third-order valence-corrected chi connectivity index (χ3v) is 3.45. The van der Waals surface area contributed by atoms with Crippen molar-refractivity contribution in [1.29, 1.82) is 0 Å². The number of rotatable bonds is 6. The SMILES string of the molecule is O=[C]C(C(=O)OCc1ccc([N+](=O)[O-])cc1)c1ccc(C(F)(F)F)cc1. The first-order chi connectivity index (χ1) is 12.2. The van der Waals surface area contributed by atoms with Crippen molar-refractivity contribution in [2.24, 2.45) is 0 Å². The molecule has 26 heavy (non-hydrogen) atoms. The fourth-order valence-corrected chi connectivity index (χ4v) is 2.07. The Balaban J connectivity index is 2.04. The summed E-state index contributed by atoms with van der Waals surface area (Å²) in [6, 6.07) is 8.72. The van der Waals surface area contributed by atoms with Crippen molar-refractivity contribution in [2.45, 2.75) is 18.7 Å². The number of nitrogens with zero attached hydrogens (tertiary/aromatic N) is 1. The molecule has 0 saturated carbocycles. The molecule has 135 valence electrons. The lowest BCUT2D eigenvalue weighted by Crippen LogP contribution is -2.17. The molecule has 2 aromatic carbocycles. The van der Waals surface area contributed by atoms with Crippen LogP contribution in [0.25, 0.3) is 0 Å². The molecule has 0 aliphatic carbocycles. The van der Waals surface area contributed by atoms with Crippen LogP contribution in [0.4, 0.5) is 18.9 Å². The average molecular weight is 366 g/mol. The molecule has 9 heteroatoms. The van der Waals surface area contributed by atoms with Crippen LogP contribution in [0.2, 0.25) is 0 Å². The number of nitro benzene ring substituents is 1. The molecule has 2 rings (SSSR count). The number of alkyl halides is 3. The van der Waals surface area contributed by atoms with Gasteiger partial charge in [-0.15, -0.1) is 0 Å². The normalized spacial score (nSPS) is 12.3. The van der Waals surface area contributed by atoms with Crippen LogP contribution in [0.1, 0.15) is 22.6 Å². The van der Waals surface area contributed by atoms with Crippen LogP contribution in [0.3, 0.4) is 0 Å². The number of benzene rings is 2. The van der Waals surface area contributed by atoms with Gasteiger partial charge in [0.1, 0.15) is 12.5 Å². The average Bonchev–Trinajstić information content (AvgIpc) is 2.60. The van der Waals surface area contributed by atoms with Crippen molar-refractivity contribution >= 4 is 17.9 Å². The molecule has 6 nitrogen and oxygen atoms in total. The van der Waals surface area contributed by atoms with Crippen LogP contribution in [-0.4, -0.2) is 17.2 Å². The first-order valence-electron chi connectivity index (χ1n) is 7.17. The summed E-state index contributed by atoms with van der Waals surface area (Å²) in [5, 5.41) is 10.6. The van der Waals surface area contributed by atoms with Crippen LogP contribution in [-0.2, 0) is 27.1 Å². The number of non-ortho nitro benzene ring substituents is 1. The summed E-state index contributed by atoms with van der Waals surface area (Å²) in [7, 11) is 0. The van der Waals surface area contributed by atoms with Crippen LogP contribution in [0.15, 0.2) is 48.5 Å². The number of ether oxygens (including phenoxy) is 1. The second-order valence-electron chi connectivity index (χ2n) is 5.20. The Hall–Kier alpha value is -3.23. The highest BCUT2D eigenvalue weighted by Crippen LogP contribution is 2.30. The number of nitro groups is 1. The summed E-state index contributed by atoms with van der Waals surface area (Å²) in [4.78, 5) is 33.0. The Kier molecular flexibility index (Phi) is 5.71. The van der Waals surface area contributed by atoms with Gasteiger partial charge in [0, 0.05) is 12.1 Å². The highest BCUT2D eigenvalue weighted by molar-refractivity contribution is 5.94. The largest absolute Gasteiger partial charge is 0.460 e. The van der Waals surface area contributed by atoms with Crippen LogP contribution >= 0.6 is 0 Å². The lowest BCUT2D eigenvalue weighted by atomic mass is 9.99. The molecular weight excluding hydrogens is 355 g/mol. The minimum Gasteiger partial charge on any atom is -0.460 e. The molecule has 0 aliphatic rings. The molecule has 0 heterocycles. The maximum Gasteiger partial charge on any atom is 0.416 e. The highest BCUT2D eigenvalue weighted by atomic mass is 19.4. The first kappa shape index (κ1) is 19.1. The van der Waals surface area contributed by atoms with Gasteiger partial charge in [0.2, 0.25) is 6.29 Å². The van der Waals surface area contributed by atoms with Crippen molar-refractivity contribution in [3.05, 3.63) is 75.3 Å². The Morgan fingerprint density at radius 1 is 1.12 bits per heavy atom. The highest BCUT2D eigenvalue weighted by Gasteiger charge is 2.31. The summed E-state index contributed by atoms with van der Waals surface area (Å²) in [6.07, 6.45) is -3.09. The third-order valence-electron chi connectivity index (χ3n) is 3.45. The number of hydrogen-bond acceptors (Lipinski definition) is 5. The number of carbonyl (C=O) groups is 1. The van der Waals surface area contributed by atoms with E-state index >= 15 is 0 Å². The Morgan fingerprint density at radius 2 is 1.69 bits per heavy atom. The number of carbonyl (C=O) groups excluding carboxylic acids is 2. The summed E-state index contributed by atoms with van der Waals surface area (Å²) < 4.78 is 42.6. The van der Waals surface area contributed by atoms with Gasteiger partial charge in [-0.25, -0.2) is 0 Å². The molecule has 0 aromatic heterocycles. The van der Waals surface area contributed by atoms with Crippen LogP contribution in [0, 0.1) is 10.1 Å². The quantitative estimate of drug-likeness (QED) is 0.338. The predicted molar refractivity (Wildman–Crippen MR) is 82.8 cm³/mol. The van der Waals surface area contributed by atoms with E-state index in [0.717, 1.165) is 24.3 Å².